The lowest BCUT2D eigenvalue weighted by Gasteiger charge is -2.30. The normalized spacial score (nSPS) is 23.9. The molecule has 1 N–H and O–H groups in total. The summed E-state index contributed by atoms with van der Waals surface area (Å²) >= 11 is 0. The van der Waals surface area contributed by atoms with Gasteiger partial charge in [0.05, 0.1) is 6.54 Å². The Bertz CT molecular complexity index is 681. The van der Waals surface area contributed by atoms with Crippen LogP contribution in [0.15, 0.2) is 12.7 Å². The number of fused-ring (bicyclic) bond motifs is 1. The standard InChI is InChI=1S/C23H36N4O/c1-2-14-27-21-13-12-19(24-18-10-6-3-4-7-11-18)17-20(21)22(25-27)23(28)26-15-8-5-9-16-26/h2,18-19,24H,1,3-17H2/t19-/m1/s1. The Morgan fingerprint density at radius 2 is 1.75 bits per heavy atom. The highest BCUT2D eigenvalue weighted by Crippen LogP contribution is 2.28. The molecule has 0 aromatic carbocycles. The van der Waals surface area contributed by atoms with Gasteiger partial charge in [-0.25, -0.2) is 0 Å². The number of nitrogens with one attached hydrogen (secondary N) is 1. The molecule has 1 saturated heterocycles. The number of amides is 1. The van der Waals surface area contributed by atoms with E-state index in [1.165, 1.54) is 56.2 Å². The van der Waals surface area contributed by atoms with Gasteiger partial charge in [0.15, 0.2) is 5.69 Å². The van der Waals surface area contributed by atoms with Crippen LogP contribution in [0, 0.1) is 0 Å². The molecule has 5 heteroatoms. The molecule has 1 aliphatic heterocycles. The zero-order valence-electron chi connectivity index (χ0n) is 17.3. The van der Waals surface area contributed by atoms with E-state index in [9.17, 15) is 4.79 Å². The van der Waals surface area contributed by atoms with Crippen molar-refractivity contribution in [3.63, 3.8) is 0 Å². The van der Waals surface area contributed by atoms with Crippen LogP contribution in [-0.2, 0) is 19.4 Å². The van der Waals surface area contributed by atoms with Gasteiger partial charge in [0.2, 0.25) is 0 Å². The Morgan fingerprint density at radius 3 is 2.46 bits per heavy atom. The van der Waals surface area contributed by atoms with Crippen LogP contribution in [0.1, 0.15) is 86.0 Å². The van der Waals surface area contributed by atoms with Gasteiger partial charge < -0.3 is 10.2 Å². The molecule has 1 atom stereocenters. The number of piperidine rings is 1. The maximum absolute atomic E-state index is 13.2. The van der Waals surface area contributed by atoms with Crippen LogP contribution in [0.25, 0.3) is 0 Å². The van der Waals surface area contributed by atoms with Crippen LogP contribution in [0.5, 0.6) is 0 Å². The minimum absolute atomic E-state index is 0.147. The highest BCUT2D eigenvalue weighted by Gasteiger charge is 2.32. The first-order chi connectivity index (χ1) is 13.8. The van der Waals surface area contributed by atoms with Gasteiger partial charge in [-0.15, -0.1) is 6.58 Å². The number of carbonyl (C=O) groups is 1. The first kappa shape index (κ1) is 19.7. The van der Waals surface area contributed by atoms with E-state index >= 15 is 0 Å². The number of carbonyl (C=O) groups excluding carboxylic acids is 1. The monoisotopic (exact) mass is 384 g/mol. The van der Waals surface area contributed by atoms with Gasteiger partial charge in [0, 0.05) is 36.4 Å². The van der Waals surface area contributed by atoms with Crippen molar-refractivity contribution in [3.8, 4) is 0 Å². The van der Waals surface area contributed by atoms with E-state index in [1.807, 2.05) is 15.7 Å². The largest absolute Gasteiger partial charge is 0.337 e. The molecule has 1 amide bonds. The molecule has 154 valence electrons. The molecule has 2 aliphatic carbocycles. The highest BCUT2D eigenvalue weighted by atomic mass is 16.2. The average Bonchev–Trinajstić information content (AvgIpc) is 2.89. The quantitative estimate of drug-likeness (QED) is 0.619. The van der Waals surface area contributed by atoms with Gasteiger partial charge in [-0.05, 0) is 51.4 Å². The SMILES string of the molecule is C=CCn1nc(C(=O)N2CCCCC2)c2c1CC[C@@H](NC1CCCCCC1)C2. The average molecular weight is 385 g/mol. The van der Waals surface area contributed by atoms with Gasteiger partial charge >= 0.3 is 0 Å². The van der Waals surface area contributed by atoms with Crippen molar-refractivity contribution in [3.05, 3.63) is 29.6 Å². The van der Waals surface area contributed by atoms with Crippen molar-refractivity contribution >= 4 is 5.91 Å². The number of likely N-dealkylation sites (tertiary alicyclic amines) is 1. The molecule has 0 radical (unpaired) electrons. The summed E-state index contributed by atoms with van der Waals surface area (Å²) in [6.45, 7) is 6.33. The second kappa shape index (κ2) is 9.25. The fourth-order valence-electron chi connectivity index (χ4n) is 5.30. The van der Waals surface area contributed by atoms with Gasteiger partial charge in [0.1, 0.15) is 0 Å². The van der Waals surface area contributed by atoms with Crippen LogP contribution < -0.4 is 5.32 Å². The predicted molar refractivity (Wildman–Crippen MR) is 113 cm³/mol. The number of rotatable bonds is 5. The van der Waals surface area contributed by atoms with Crippen molar-refractivity contribution in [1.82, 2.24) is 20.0 Å². The van der Waals surface area contributed by atoms with E-state index in [4.69, 9.17) is 5.10 Å². The van der Waals surface area contributed by atoms with E-state index in [0.29, 0.717) is 24.3 Å². The maximum Gasteiger partial charge on any atom is 0.274 e. The Morgan fingerprint density at radius 1 is 1.04 bits per heavy atom. The summed E-state index contributed by atoms with van der Waals surface area (Å²) in [5, 5.41) is 8.72. The van der Waals surface area contributed by atoms with Gasteiger partial charge in [-0.2, -0.15) is 5.10 Å². The minimum atomic E-state index is 0.147. The Hall–Kier alpha value is -1.62. The highest BCUT2D eigenvalue weighted by molar-refractivity contribution is 5.94. The fraction of sp³-hybridized carbons (Fsp3) is 0.739. The van der Waals surface area contributed by atoms with E-state index in [0.717, 1.165) is 45.2 Å². The summed E-state index contributed by atoms with van der Waals surface area (Å²) in [5.74, 6) is 0.147. The van der Waals surface area contributed by atoms with Crippen molar-refractivity contribution in [2.24, 2.45) is 0 Å². The molecule has 28 heavy (non-hydrogen) atoms. The second-order valence-electron chi connectivity index (χ2n) is 8.89. The summed E-state index contributed by atoms with van der Waals surface area (Å²) in [4.78, 5) is 15.3. The van der Waals surface area contributed by atoms with Crippen LogP contribution in [0.4, 0.5) is 0 Å². The van der Waals surface area contributed by atoms with Crippen molar-refractivity contribution in [1.29, 1.82) is 0 Å². The Balaban J connectivity index is 1.52. The van der Waals surface area contributed by atoms with Crippen molar-refractivity contribution in [2.75, 3.05) is 13.1 Å². The topological polar surface area (TPSA) is 50.2 Å². The molecule has 0 bridgehead atoms. The molecule has 2 fully saturated rings. The molecule has 4 rings (SSSR count). The molecule has 0 unspecified atom stereocenters. The van der Waals surface area contributed by atoms with Crippen LogP contribution >= 0.6 is 0 Å². The Labute approximate surface area is 169 Å². The Kier molecular flexibility index (Phi) is 6.50. The lowest BCUT2D eigenvalue weighted by atomic mass is 9.90. The number of hydrogen-bond acceptors (Lipinski definition) is 3. The fourth-order valence-corrected chi connectivity index (χ4v) is 5.30. The van der Waals surface area contributed by atoms with Crippen LogP contribution in [-0.4, -0.2) is 45.8 Å². The van der Waals surface area contributed by atoms with Gasteiger partial charge in [-0.3, -0.25) is 9.48 Å². The molecule has 0 spiro atoms. The lowest BCUT2D eigenvalue weighted by molar-refractivity contribution is 0.0716. The summed E-state index contributed by atoms with van der Waals surface area (Å²) < 4.78 is 2.03. The summed E-state index contributed by atoms with van der Waals surface area (Å²) in [6, 6.07) is 1.13. The molecule has 1 saturated carbocycles. The van der Waals surface area contributed by atoms with E-state index in [1.54, 1.807) is 0 Å². The molecular weight excluding hydrogens is 348 g/mol. The van der Waals surface area contributed by atoms with Crippen molar-refractivity contribution in [2.45, 2.75) is 95.7 Å². The first-order valence-corrected chi connectivity index (χ1v) is 11.5. The minimum Gasteiger partial charge on any atom is -0.337 e. The third kappa shape index (κ3) is 4.35. The smallest absolute Gasteiger partial charge is 0.274 e. The molecule has 2 heterocycles. The number of allylic oxidation sites excluding steroid dienone is 1. The second-order valence-corrected chi connectivity index (χ2v) is 8.89. The van der Waals surface area contributed by atoms with E-state index < -0.39 is 0 Å². The zero-order valence-corrected chi connectivity index (χ0v) is 17.3. The third-order valence-electron chi connectivity index (χ3n) is 6.82. The summed E-state index contributed by atoms with van der Waals surface area (Å²) in [5.41, 5.74) is 3.18. The maximum atomic E-state index is 13.2. The van der Waals surface area contributed by atoms with Gasteiger partial charge in [-0.1, -0.05) is 31.8 Å². The zero-order chi connectivity index (χ0) is 19.3. The molecule has 1 aromatic rings. The lowest BCUT2D eigenvalue weighted by Crippen LogP contribution is -2.42. The molecule has 1 aromatic heterocycles. The van der Waals surface area contributed by atoms with E-state index in [-0.39, 0.29) is 5.91 Å². The number of nitrogens with zero attached hydrogens (tertiary/aromatic N) is 3. The number of aromatic nitrogens is 2. The summed E-state index contributed by atoms with van der Waals surface area (Å²) in [7, 11) is 0. The third-order valence-corrected chi connectivity index (χ3v) is 6.82. The molecule has 3 aliphatic rings. The van der Waals surface area contributed by atoms with Gasteiger partial charge in [0.25, 0.3) is 5.91 Å². The van der Waals surface area contributed by atoms with E-state index in [2.05, 4.69) is 11.9 Å². The number of hydrogen-bond donors (Lipinski definition) is 1. The first-order valence-electron chi connectivity index (χ1n) is 11.5. The summed E-state index contributed by atoms with van der Waals surface area (Å²) in [6.07, 6.45) is 16.5. The predicted octanol–water partition coefficient (Wildman–Crippen LogP) is 3.86. The molecule has 5 nitrogen and oxygen atoms in total. The molecular formula is C23H36N4O. The van der Waals surface area contributed by atoms with Crippen LogP contribution in [0.2, 0.25) is 0 Å². The van der Waals surface area contributed by atoms with Crippen LogP contribution in [0.3, 0.4) is 0 Å². The van der Waals surface area contributed by atoms with Crippen molar-refractivity contribution < 1.29 is 4.79 Å².